The molecule has 1 aromatic heterocycles. The smallest absolute Gasteiger partial charge is 0.190 e. The van der Waals surface area contributed by atoms with Gasteiger partial charge in [0.1, 0.15) is 4.21 Å². The number of sulfone groups is 1. The van der Waals surface area contributed by atoms with E-state index in [1.165, 1.54) is 11.3 Å². The Morgan fingerprint density at radius 1 is 1.29 bits per heavy atom. The van der Waals surface area contributed by atoms with E-state index in [1.807, 2.05) is 5.38 Å². The van der Waals surface area contributed by atoms with Crippen molar-refractivity contribution in [3.8, 4) is 0 Å². The summed E-state index contributed by atoms with van der Waals surface area (Å²) in [6.45, 7) is 0.481. The molecule has 3 nitrogen and oxygen atoms in total. The molecule has 17 heavy (non-hydrogen) atoms. The Morgan fingerprint density at radius 3 is 2.71 bits per heavy atom. The van der Waals surface area contributed by atoms with Crippen molar-refractivity contribution in [1.82, 2.24) is 0 Å². The predicted molar refractivity (Wildman–Crippen MR) is 70.9 cm³/mol. The second-order valence-corrected chi connectivity index (χ2v) is 7.99. The summed E-state index contributed by atoms with van der Waals surface area (Å²) in [7, 11) is -3.16. The molecule has 2 rings (SSSR count). The third kappa shape index (κ3) is 2.72. The highest BCUT2D eigenvalue weighted by molar-refractivity contribution is 7.94. The molecule has 0 spiro atoms. The molecule has 0 aliphatic heterocycles. The van der Waals surface area contributed by atoms with Crippen LogP contribution in [0.3, 0.4) is 0 Å². The van der Waals surface area contributed by atoms with Gasteiger partial charge in [-0.1, -0.05) is 25.3 Å². The number of hydrogen-bond acceptors (Lipinski definition) is 4. The van der Waals surface area contributed by atoms with E-state index in [1.54, 1.807) is 12.1 Å². The van der Waals surface area contributed by atoms with E-state index < -0.39 is 9.84 Å². The van der Waals surface area contributed by atoms with Crippen LogP contribution < -0.4 is 5.73 Å². The van der Waals surface area contributed by atoms with Gasteiger partial charge in [0.2, 0.25) is 0 Å². The van der Waals surface area contributed by atoms with Crippen molar-refractivity contribution in [3.05, 3.63) is 17.5 Å². The van der Waals surface area contributed by atoms with Crippen molar-refractivity contribution in [1.29, 1.82) is 0 Å². The van der Waals surface area contributed by atoms with E-state index >= 15 is 0 Å². The molecule has 2 N–H and O–H groups in total. The molecule has 1 heterocycles. The summed E-state index contributed by atoms with van der Waals surface area (Å²) < 4.78 is 25.6. The van der Waals surface area contributed by atoms with E-state index in [0.717, 1.165) is 32.1 Å². The minimum absolute atomic E-state index is 0.129. The third-order valence-electron chi connectivity index (χ3n) is 3.57. The van der Waals surface area contributed by atoms with Crippen molar-refractivity contribution >= 4 is 21.2 Å². The standard InChI is InChI=1S/C12H19NO2S2/c13-9-10-5-2-1-3-6-11(10)17(14,15)12-7-4-8-16-12/h4,7-8,10-11H,1-3,5-6,9,13H2. The summed E-state index contributed by atoms with van der Waals surface area (Å²) in [6, 6.07) is 3.50. The first-order valence-corrected chi connectivity index (χ1v) is 8.56. The summed E-state index contributed by atoms with van der Waals surface area (Å²) >= 11 is 1.31. The molecule has 2 atom stereocenters. The van der Waals surface area contributed by atoms with Gasteiger partial charge >= 0.3 is 0 Å². The molecular formula is C12H19NO2S2. The van der Waals surface area contributed by atoms with E-state index in [-0.39, 0.29) is 11.2 Å². The van der Waals surface area contributed by atoms with Crippen LogP contribution in [-0.2, 0) is 9.84 Å². The molecule has 1 fully saturated rings. The molecule has 1 aromatic rings. The van der Waals surface area contributed by atoms with Crippen molar-refractivity contribution in [2.24, 2.45) is 11.7 Å². The lowest BCUT2D eigenvalue weighted by Crippen LogP contribution is -2.33. The summed E-state index contributed by atoms with van der Waals surface area (Å²) in [5.41, 5.74) is 5.75. The maximum Gasteiger partial charge on any atom is 0.190 e. The van der Waals surface area contributed by atoms with Crippen LogP contribution in [0.4, 0.5) is 0 Å². The fourth-order valence-electron chi connectivity index (χ4n) is 2.60. The van der Waals surface area contributed by atoms with Crippen molar-refractivity contribution < 1.29 is 8.42 Å². The zero-order chi connectivity index (χ0) is 12.3. The highest BCUT2D eigenvalue weighted by Crippen LogP contribution is 2.33. The lowest BCUT2D eigenvalue weighted by Gasteiger charge is -2.23. The Morgan fingerprint density at radius 2 is 2.06 bits per heavy atom. The van der Waals surface area contributed by atoms with Gasteiger partial charge in [-0.15, -0.1) is 11.3 Å². The predicted octanol–water partition coefficient (Wildman–Crippen LogP) is 2.43. The van der Waals surface area contributed by atoms with Crippen LogP contribution in [0, 0.1) is 5.92 Å². The molecule has 96 valence electrons. The van der Waals surface area contributed by atoms with Crippen LogP contribution >= 0.6 is 11.3 Å². The van der Waals surface area contributed by atoms with Gasteiger partial charge in [-0.3, -0.25) is 0 Å². The maximum atomic E-state index is 12.5. The fourth-order valence-corrected chi connectivity index (χ4v) is 5.92. The first kappa shape index (κ1) is 13.1. The van der Waals surface area contributed by atoms with E-state index in [4.69, 9.17) is 5.73 Å². The molecule has 0 saturated heterocycles. The van der Waals surface area contributed by atoms with E-state index in [0.29, 0.717) is 10.8 Å². The minimum Gasteiger partial charge on any atom is -0.330 e. The van der Waals surface area contributed by atoms with Gasteiger partial charge in [-0.2, -0.15) is 0 Å². The van der Waals surface area contributed by atoms with Gasteiger partial charge in [0.25, 0.3) is 0 Å². The number of hydrogen-bond donors (Lipinski definition) is 1. The van der Waals surface area contributed by atoms with Gasteiger partial charge < -0.3 is 5.73 Å². The van der Waals surface area contributed by atoms with Crippen LogP contribution in [0.2, 0.25) is 0 Å². The van der Waals surface area contributed by atoms with Crippen LogP contribution in [0.5, 0.6) is 0 Å². The molecular weight excluding hydrogens is 254 g/mol. The lowest BCUT2D eigenvalue weighted by molar-refractivity contribution is 0.457. The number of nitrogens with two attached hydrogens (primary N) is 1. The normalized spacial score (nSPS) is 26.6. The third-order valence-corrected chi connectivity index (χ3v) is 7.33. The van der Waals surface area contributed by atoms with E-state index in [2.05, 4.69) is 0 Å². The topological polar surface area (TPSA) is 60.2 Å². The molecule has 1 aliphatic carbocycles. The van der Waals surface area contributed by atoms with Gasteiger partial charge in [-0.25, -0.2) is 8.42 Å². The van der Waals surface area contributed by atoms with Gasteiger partial charge in [0, 0.05) is 0 Å². The highest BCUT2D eigenvalue weighted by atomic mass is 32.2. The Hall–Kier alpha value is -0.390. The minimum atomic E-state index is -3.16. The molecule has 0 amide bonds. The monoisotopic (exact) mass is 273 g/mol. The van der Waals surface area contributed by atoms with Crippen molar-refractivity contribution in [3.63, 3.8) is 0 Å². The number of thiophene rings is 1. The quantitative estimate of drug-likeness (QED) is 0.860. The second-order valence-electron chi connectivity index (χ2n) is 4.65. The van der Waals surface area contributed by atoms with Gasteiger partial charge in [-0.05, 0) is 36.8 Å². The fraction of sp³-hybridized carbons (Fsp3) is 0.667. The Labute approximate surface area is 107 Å². The molecule has 0 bridgehead atoms. The summed E-state index contributed by atoms with van der Waals surface area (Å²) in [5.74, 6) is 0.129. The maximum absolute atomic E-state index is 12.5. The Bertz CT molecular complexity index is 439. The average molecular weight is 273 g/mol. The van der Waals surface area contributed by atoms with Crippen molar-refractivity contribution in [2.45, 2.75) is 41.6 Å². The molecule has 0 radical (unpaired) electrons. The Kier molecular flexibility index (Phi) is 4.22. The summed E-state index contributed by atoms with van der Waals surface area (Å²) in [4.78, 5) is 0. The lowest BCUT2D eigenvalue weighted by atomic mass is 10.0. The van der Waals surface area contributed by atoms with Gasteiger partial charge in [0.05, 0.1) is 5.25 Å². The van der Waals surface area contributed by atoms with Crippen LogP contribution in [0.25, 0.3) is 0 Å². The van der Waals surface area contributed by atoms with Crippen LogP contribution in [0.15, 0.2) is 21.7 Å². The number of rotatable bonds is 3. The SMILES string of the molecule is NCC1CCCCCC1S(=O)(=O)c1cccs1. The zero-order valence-corrected chi connectivity index (χ0v) is 11.5. The second kappa shape index (κ2) is 5.50. The first-order valence-electron chi connectivity index (χ1n) is 6.13. The van der Waals surface area contributed by atoms with Gasteiger partial charge in [0.15, 0.2) is 9.84 Å². The largest absolute Gasteiger partial charge is 0.330 e. The highest BCUT2D eigenvalue weighted by Gasteiger charge is 2.35. The van der Waals surface area contributed by atoms with Crippen LogP contribution in [-0.4, -0.2) is 20.2 Å². The van der Waals surface area contributed by atoms with Crippen molar-refractivity contribution in [2.75, 3.05) is 6.54 Å². The molecule has 5 heteroatoms. The molecule has 1 saturated carbocycles. The zero-order valence-electron chi connectivity index (χ0n) is 9.84. The molecule has 2 unspecified atom stereocenters. The molecule has 0 aromatic carbocycles. The molecule has 1 aliphatic rings. The Balaban J connectivity index is 2.29. The summed E-state index contributed by atoms with van der Waals surface area (Å²) in [5, 5.41) is 1.55. The van der Waals surface area contributed by atoms with Crippen LogP contribution in [0.1, 0.15) is 32.1 Å². The summed E-state index contributed by atoms with van der Waals surface area (Å²) in [6.07, 6.45) is 4.96. The first-order chi connectivity index (χ1) is 8.16. The average Bonchev–Trinajstić information content (AvgIpc) is 2.74. The van der Waals surface area contributed by atoms with E-state index in [9.17, 15) is 8.42 Å².